The summed E-state index contributed by atoms with van der Waals surface area (Å²) in [6, 6.07) is 9.73. The van der Waals surface area contributed by atoms with Gasteiger partial charge in [0.05, 0.1) is 0 Å². The number of carbonyl (C=O) groups excluding carboxylic acids is 1. The first kappa shape index (κ1) is 11.0. The second kappa shape index (κ2) is 5.62. The van der Waals surface area contributed by atoms with E-state index in [0.29, 0.717) is 12.0 Å². The van der Waals surface area contributed by atoms with Crippen LogP contribution in [0.3, 0.4) is 0 Å². The van der Waals surface area contributed by atoms with Crippen molar-refractivity contribution in [3.05, 3.63) is 72.2 Å². The van der Waals surface area contributed by atoms with Crippen LogP contribution in [0.15, 0.2) is 66.6 Å². The van der Waals surface area contributed by atoms with Crippen molar-refractivity contribution < 1.29 is 4.79 Å². The van der Waals surface area contributed by atoms with Gasteiger partial charge in [-0.2, -0.15) is 0 Å². The molecule has 0 aliphatic rings. The molecule has 0 saturated heterocycles. The number of carbonyl (C=O) groups is 1. The topological polar surface area (TPSA) is 17.1 Å². The van der Waals surface area contributed by atoms with E-state index in [4.69, 9.17) is 0 Å². The highest BCUT2D eigenvalue weighted by molar-refractivity contribution is 6.03. The molecule has 1 rings (SSSR count). The number of allylic oxidation sites excluding steroid dienone is 2. The molecule has 0 saturated carbocycles. The van der Waals surface area contributed by atoms with Crippen LogP contribution in [0.25, 0.3) is 0 Å². The van der Waals surface area contributed by atoms with Crippen LogP contribution in [-0.2, 0) is 11.2 Å². The lowest BCUT2D eigenvalue weighted by molar-refractivity contribution is -0.111. The monoisotopic (exact) mass is 196 g/mol. The first-order chi connectivity index (χ1) is 7.27. The zero-order valence-electron chi connectivity index (χ0n) is 8.49. The van der Waals surface area contributed by atoms with Crippen molar-refractivity contribution in [2.45, 2.75) is 6.42 Å². The molecule has 74 valence electrons. The third-order valence-corrected chi connectivity index (χ3v) is 1.97. The number of benzene rings is 1. The molecule has 0 aromatic heterocycles. The Kier molecular flexibility index (Phi) is 4.12. The van der Waals surface area contributed by atoms with Crippen molar-refractivity contribution in [2.24, 2.45) is 0 Å². The fourth-order valence-electron chi connectivity index (χ4n) is 1.22. The Labute approximate surface area is 89.8 Å². The maximum absolute atomic E-state index is 11.5. The Morgan fingerprint density at radius 2 is 1.93 bits per heavy atom. The zero-order valence-corrected chi connectivity index (χ0v) is 8.49. The summed E-state index contributed by atoms with van der Waals surface area (Å²) in [5.74, 6) is -0.135. The van der Waals surface area contributed by atoms with Gasteiger partial charge in [-0.25, -0.2) is 0 Å². The van der Waals surface area contributed by atoms with E-state index >= 15 is 0 Å². The highest BCUT2D eigenvalue weighted by atomic mass is 16.1. The van der Waals surface area contributed by atoms with E-state index < -0.39 is 0 Å². The van der Waals surface area contributed by atoms with Crippen molar-refractivity contribution >= 4 is 5.78 Å². The normalized spacial score (nSPS) is 8.53. The van der Waals surface area contributed by atoms with Gasteiger partial charge in [0.15, 0.2) is 5.78 Å². The number of hydrogen-bond donors (Lipinski definition) is 0. The van der Waals surface area contributed by atoms with Gasteiger partial charge >= 0.3 is 0 Å². The van der Waals surface area contributed by atoms with Crippen LogP contribution >= 0.6 is 0 Å². The van der Waals surface area contributed by atoms with Crippen molar-refractivity contribution in [3.63, 3.8) is 0 Å². The zero-order chi connectivity index (χ0) is 11.1. The van der Waals surface area contributed by atoms with Crippen LogP contribution in [0.4, 0.5) is 0 Å². The molecular formula is C14H12O. The van der Waals surface area contributed by atoms with Gasteiger partial charge in [0.2, 0.25) is 0 Å². The largest absolute Gasteiger partial charge is 0.288 e. The Balaban J connectivity index is 2.85. The van der Waals surface area contributed by atoms with Crippen LogP contribution in [0, 0.1) is 0 Å². The van der Waals surface area contributed by atoms with Gasteiger partial charge in [0, 0.05) is 18.1 Å². The summed E-state index contributed by atoms with van der Waals surface area (Å²) in [6.07, 6.45) is 1.85. The Morgan fingerprint density at radius 1 is 1.27 bits per heavy atom. The predicted molar refractivity (Wildman–Crippen MR) is 61.5 cm³/mol. The van der Waals surface area contributed by atoms with Crippen LogP contribution in [0.5, 0.6) is 0 Å². The van der Waals surface area contributed by atoms with E-state index in [2.05, 4.69) is 24.6 Å². The maximum Gasteiger partial charge on any atom is 0.197 e. The minimum absolute atomic E-state index is 0.135. The van der Waals surface area contributed by atoms with E-state index in [-0.39, 0.29) is 5.78 Å². The van der Waals surface area contributed by atoms with Crippen LogP contribution in [-0.4, -0.2) is 5.78 Å². The van der Waals surface area contributed by atoms with Gasteiger partial charge < -0.3 is 0 Å². The third-order valence-electron chi connectivity index (χ3n) is 1.97. The molecule has 0 radical (unpaired) electrons. The van der Waals surface area contributed by atoms with Gasteiger partial charge in [-0.15, -0.1) is 11.5 Å². The van der Waals surface area contributed by atoms with Crippen molar-refractivity contribution in [3.8, 4) is 0 Å². The standard InChI is InChI=1S/C14H12O/c1-3-8-14(15)13(4-2)11-12-9-6-5-7-10-12/h5-10H,1-2,11H2. The lowest BCUT2D eigenvalue weighted by atomic mass is 10.0. The molecule has 1 nitrogen and oxygen atoms in total. The number of rotatable bonds is 4. The molecule has 1 aromatic carbocycles. The summed E-state index contributed by atoms with van der Waals surface area (Å²) < 4.78 is 0. The minimum Gasteiger partial charge on any atom is -0.288 e. The molecule has 0 aliphatic carbocycles. The summed E-state index contributed by atoms with van der Waals surface area (Å²) in [5, 5.41) is 0. The number of ketones is 1. The molecule has 0 unspecified atom stereocenters. The second-order valence-electron chi connectivity index (χ2n) is 3.03. The molecule has 0 heterocycles. The summed E-state index contributed by atoms with van der Waals surface area (Å²) in [5.41, 5.74) is 6.71. The molecule has 0 fully saturated rings. The molecule has 0 aliphatic heterocycles. The average Bonchev–Trinajstić information content (AvgIpc) is 2.27. The highest BCUT2D eigenvalue weighted by Crippen LogP contribution is 2.07. The van der Waals surface area contributed by atoms with E-state index in [1.807, 2.05) is 30.3 Å². The molecule has 0 bridgehead atoms. The Morgan fingerprint density at radius 3 is 2.47 bits per heavy atom. The molecule has 1 heteroatoms. The summed E-state index contributed by atoms with van der Waals surface area (Å²) >= 11 is 0. The Hall–Kier alpha value is -2.07. The van der Waals surface area contributed by atoms with Crippen molar-refractivity contribution in [1.29, 1.82) is 0 Å². The van der Waals surface area contributed by atoms with Crippen LogP contribution < -0.4 is 0 Å². The lowest BCUT2D eigenvalue weighted by Crippen LogP contribution is -2.00. The van der Waals surface area contributed by atoms with E-state index in [1.165, 1.54) is 6.08 Å². The smallest absolute Gasteiger partial charge is 0.197 e. The minimum atomic E-state index is -0.135. The average molecular weight is 196 g/mol. The summed E-state index contributed by atoms with van der Waals surface area (Å²) in [4.78, 5) is 11.5. The van der Waals surface area contributed by atoms with Crippen molar-refractivity contribution in [2.75, 3.05) is 0 Å². The fraction of sp³-hybridized carbons (Fsp3) is 0.0714. The van der Waals surface area contributed by atoms with E-state index in [9.17, 15) is 4.79 Å². The van der Waals surface area contributed by atoms with Gasteiger partial charge in [-0.05, 0) is 5.56 Å². The van der Waals surface area contributed by atoms with E-state index in [1.54, 1.807) is 0 Å². The molecule has 15 heavy (non-hydrogen) atoms. The highest BCUT2D eigenvalue weighted by Gasteiger charge is 2.05. The molecule has 0 N–H and O–H groups in total. The lowest BCUT2D eigenvalue weighted by Gasteiger charge is -2.00. The van der Waals surface area contributed by atoms with Gasteiger partial charge in [-0.1, -0.05) is 43.5 Å². The van der Waals surface area contributed by atoms with Crippen molar-refractivity contribution in [1.82, 2.24) is 0 Å². The molecule has 0 amide bonds. The summed E-state index contributed by atoms with van der Waals surface area (Å²) in [6.45, 7) is 6.87. The first-order valence-electron chi connectivity index (χ1n) is 4.61. The van der Waals surface area contributed by atoms with Crippen LogP contribution in [0.1, 0.15) is 5.56 Å². The van der Waals surface area contributed by atoms with Gasteiger partial charge in [0.25, 0.3) is 0 Å². The molecular weight excluding hydrogens is 184 g/mol. The third kappa shape index (κ3) is 3.28. The fourth-order valence-corrected chi connectivity index (χ4v) is 1.22. The molecule has 1 aromatic rings. The van der Waals surface area contributed by atoms with Gasteiger partial charge in [-0.3, -0.25) is 4.79 Å². The SMILES string of the molecule is C=C=CC(=O)C(=C=C)Cc1ccccc1. The Bertz CT molecular complexity index is 441. The maximum atomic E-state index is 11.5. The second-order valence-corrected chi connectivity index (χ2v) is 3.03. The molecule has 0 atom stereocenters. The van der Waals surface area contributed by atoms with Gasteiger partial charge in [0.1, 0.15) is 0 Å². The predicted octanol–water partition coefficient (Wildman–Crippen LogP) is 2.85. The first-order valence-corrected chi connectivity index (χ1v) is 4.61. The number of hydrogen-bond acceptors (Lipinski definition) is 1. The summed E-state index contributed by atoms with van der Waals surface area (Å²) in [7, 11) is 0. The van der Waals surface area contributed by atoms with E-state index in [0.717, 1.165) is 5.56 Å². The quantitative estimate of drug-likeness (QED) is 0.534. The molecule has 0 spiro atoms. The van der Waals surface area contributed by atoms with Crippen LogP contribution in [0.2, 0.25) is 0 Å².